The molecule has 16 heavy (non-hydrogen) atoms. The fourth-order valence-corrected chi connectivity index (χ4v) is 1.72. The van der Waals surface area contributed by atoms with Gasteiger partial charge in [-0.05, 0) is 29.7 Å². The lowest BCUT2D eigenvalue weighted by atomic mass is 10.0. The van der Waals surface area contributed by atoms with Crippen molar-refractivity contribution in [1.82, 2.24) is 0 Å². The van der Waals surface area contributed by atoms with Crippen LogP contribution < -0.4 is 0 Å². The molecule has 82 valence electrons. The SMILES string of the molecule is CCc1cc(O)c(-c2ccccc2)cc1F. The summed E-state index contributed by atoms with van der Waals surface area (Å²) in [6, 6.07) is 12.2. The van der Waals surface area contributed by atoms with Crippen LogP contribution in [0, 0.1) is 5.82 Å². The molecule has 2 heteroatoms. The van der Waals surface area contributed by atoms with E-state index in [1.54, 1.807) is 0 Å². The summed E-state index contributed by atoms with van der Waals surface area (Å²) in [7, 11) is 0. The van der Waals surface area contributed by atoms with E-state index in [0.29, 0.717) is 17.5 Å². The first kappa shape index (κ1) is 10.7. The Morgan fingerprint density at radius 1 is 1.12 bits per heavy atom. The Hall–Kier alpha value is -1.83. The van der Waals surface area contributed by atoms with Gasteiger partial charge in [0.25, 0.3) is 0 Å². The minimum absolute atomic E-state index is 0.129. The zero-order valence-corrected chi connectivity index (χ0v) is 9.07. The molecule has 0 saturated carbocycles. The molecule has 0 radical (unpaired) electrons. The molecular weight excluding hydrogens is 203 g/mol. The Morgan fingerprint density at radius 3 is 2.44 bits per heavy atom. The third kappa shape index (κ3) is 1.91. The zero-order chi connectivity index (χ0) is 11.5. The average Bonchev–Trinajstić information content (AvgIpc) is 2.32. The van der Waals surface area contributed by atoms with Crippen molar-refractivity contribution in [2.75, 3.05) is 0 Å². The predicted octanol–water partition coefficient (Wildman–Crippen LogP) is 3.76. The Bertz CT molecular complexity index is 492. The summed E-state index contributed by atoms with van der Waals surface area (Å²) >= 11 is 0. The Labute approximate surface area is 94.2 Å². The molecule has 0 amide bonds. The molecule has 0 unspecified atom stereocenters. The van der Waals surface area contributed by atoms with Crippen molar-refractivity contribution in [3.05, 3.63) is 53.8 Å². The van der Waals surface area contributed by atoms with Crippen molar-refractivity contribution in [2.24, 2.45) is 0 Å². The van der Waals surface area contributed by atoms with Gasteiger partial charge >= 0.3 is 0 Å². The summed E-state index contributed by atoms with van der Waals surface area (Å²) in [5.74, 6) is -0.136. The largest absolute Gasteiger partial charge is 0.507 e. The zero-order valence-electron chi connectivity index (χ0n) is 9.07. The fraction of sp³-hybridized carbons (Fsp3) is 0.143. The van der Waals surface area contributed by atoms with Gasteiger partial charge in [0.05, 0.1) is 0 Å². The van der Waals surface area contributed by atoms with Crippen LogP contribution >= 0.6 is 0 Å². The number of phenols is 1. The maximum Gasteiger partial charge on any atom is 0.127 e. The summed E-state index contributed by atoms with van der Waals surface area (Å²) in [6.45, 7) is 1.86. The second-order valence-electron chi connectivity index (χ2n) is 3.68. The number of halogens is 1. The number of benzene rings is 2. The van der Waals surface area contributed by atoms with Gasteiger partial charge < -0.3 is 5.11 Å². The Balaban J connectivity index is 2.55. The second-order valence-corrected chi connectivity index (χ2v) is 3.68. The van der Waals surface area contributed by atoms with E-state index in [0.717, 1.165) is 5.56 Å². The van der Waals surface area contributed by atoms with Crippen molar-refractivity contribution < 1.29 is 9.50 Å². The monoisotopic (exact) mass is 216 g/mol. The third-order valence-corrected chi connectivity index (χ3v) is 2.63. The summed E-state index contributed by atoms with van der Waals surface area (Å²) in [6.07, 6.45) is 0.578. The van der Waals surface area contributed by atoms with Crippen LogP contribution in [0.1, 0.15) is 12.5 Å². The second kappa shape index (κ2) is 4.35. The Morgan fingerprint density at radius 2 is 1.81 bits per heavy atom. The summed E-state index contributed by atoms with van der Waals surface area (Å²) in [4.78, 5) is 0. The van der Waals surface area contributed by atoms with Crippen molar-refractivity contribution in [2.45, 2.75) is 13.3 Å². The van der Waals surface area contributed by atoms with E-state index in [2.05, 4.69) is 0 Å². The molecule has 1 N–H and O–H groups in total. The molecule has 0 aliphatic carbocycles. The van der Waals surface area contributed by atoms with Crippen LogP contribution in [0.25, 0.3) is 11.1 Å². The van der Waals surface area contributed by atoms with Crippen LogP contribution in [0.4, 0.5) is 4.39 Å². The molecule has 0 bridgehead atoms. The van der Waals surface area contributed by atoms with Crippen molar-refractivity contribution in [3.8, 4) is 16.9 Å². The molecule has 0 aliphatic heterocycles. The topological polar surface area (TPSA) is 20.2 Å². The molecule has 1 nitrogen and oxygen atoms in total. The Kier molecular flexibility index (Phi) is 2.91. The van der Waals surface area contributed by atoms with E-state index >= 15 is 0 Å². The highest BCUT2D eigenvalue weighted by atomic mass is 19.1. The van der Waals surface area contributed by atoms with Crippen LogP contribution in [-0.2, 0) is 6.42 Å². The van der Waals surface area contributed by atoms with E-state index in [1.807, 2.05) is 37.3 Å². The maximum atomic E-state index is 13.6. The highest BCUT2D eigenvalue weighted by Gasteiger charge is 2.09. The van der Waals surface area contributed by atoms with Gasteiger partial charge in [-0.25, -0.2) is 4.39 Å². The van der Waals surface area contributed by atoms with Gasteiger partial charge in [-0.1, -0.05) is 37.3 Å². The molecule has 2 rings (SSSR count). The van der Waals surface area contributed by atoms with Gasteiger partial charge in [-0.2, -0.15) is 0 Å². The molecule has 0 spiro atoms. The summed E-state index contributed by atoms with van der Waals surface area (Å²) in [5, 5.41) is 9.83. The van der Waals surface area contributed by atoms with Crippen molar-refractivity contribution >= 4 is 0 Å². The highest BCUT2D eigenvalue weighted by molar-refractivity contribution is 5.70. The molecule has 0 atom stereocenters. The molecule has 0 aliphatic rings. The van der Waals surface area contributed by atoms with Crippen LogP contribution in [0.2, 0.25) is 0 Å². The van der Waals surface area contributed by atoms with Crippen LogP contribution in [0.5, 0.6) is 5.75 Å². The number of phenolic OH excluding ortho intramolecular Hbond substituents is 1. The van der Waals surface area contributed by atoms with Crippen LogP contribution in [-0.4, -0.2) is 5.11 Å². The van der Waals surface area contributed by atoms with E-state index in [1.165, 1.54) is 12.1 Å². The van der Waals surface area contributed by atoms with Gasteiger partial charge in [0.15, 0.2) is 0 Å². The standard InChI is InChI=1S/C14H13FO/c1-2-10-8-14(16)12(9-13(10)15)11-6-4-3-5-7-11/h3-9,16H,2H2,1H3. The highest BCUT2D eigenvalue weighted by Crippen LogP contribution is 2.31. The van der Waals surface area contributed by atoms with Crippen molar-refractivity contribution in [3.63, 3.8) is 0 Å². The minimum atomic E-state index is -0.265. The minimum Gasteiger partial charge on any atom is -0.507 e. The van der Waals surface area contributed by atoms with Crippen molar-refractivity contribution in [1.29, 1.82) is 0 Å². The fourth-order valence-electron chi connectivity index (χ4n) is 1.72. The van der Waals surface area contributed by atoms with E-state index in [4.69, 9.17) is 0 Å². The smallest absolute Gasteiger partial charge is 0.127 e. The normalized spacial score (nSPS) is 10.4. The number of rotatable bonds is 2. The lowest BCUT2D eigenvalue weighted by molar-refractivity contribution is 0.473. The lowest BCUT2D eigenvalue weighted by Crippen LogP contribution is -1.89. The number of hydrogen-bond donors (Lipinski definition) is 1. The first-order chi connectivity index (χ1) is 7.72. The van der Waals surface area contributed by atoms with Crippen LogP contribution in [0.3, 0.4) is 0 Å². The lowest BCUT2D eigenvalue weighted by Gasteiger charge is -2.07. The summed E-state index contributed by atoms with van der Waals surface area (Å²) < 4.78 is 13.6. The van der Waals surface area contributed by atoms with E-state index < -0.39 is 0 Å². The maximum absolute atomic E-state index is 13.6. The quantitative estimate of drug-likeness (QED) is 0.810. The van der Waals surface area contributed by atoms with E-state index in [9.17, 15) is 9.50 Å². The first-order valence-corrected chi connectivity index (χ1v) is 5.29. The third-order valence-electron chi connectivity index (χ3n) is 2.63. The molecule has 0 saturated heterocycles. The van der Waals surface area contributed by atoms with Gasteiger partial charge in [0.1, 0.15) is 11.6 Å². The number of aryl methyl sites for hydroxylation is 1. The van der Waals surface area contributed by atoms with E-state index in [-0.39, 0.29) is 11.6 Å². The van der Waals surface area contributed by atoms with Gasteiger partial charge in [-0.3, -0.25) is 0 Å². The molecule has 0 heterocycles. The van der Waals surface area contributed by atoms with Gasteiger partial charge in [0.2, 0.25) is 0 Å². The molecule has 0 fully saturated rings. The average molecular weight is 216 g/mol. The number of aromatic hydroxyl groups is 1. The summed E-state index contributed by atoms with van der Waals surface area (Å²) in [5.41, 5.74) is 1.90. The van der Waals surface area contributed by atoms with Gasteiger partial charge in [-0.15, -0.1) is 0 Å². The molecule has 0 aromatic heterocycles. The van der Waals surface area contributed by atoms with Gasteiger partial charge in [0, 0.05) is 5.56 Å². The predicted molar refractivity (Wildman–Crippen MR) is 62.9 cm³/mol. The first-order valence-electron chi connectivity index (χ1n) is 5.29. The molecule has 2 aromatic carbocycles. The van der Waals surface area contributed by atoms with Crippen LogP contribution in [0.15, 0.2) is 42.5 Å². The number of hydrogen-bond acceptors (Lipinski definition) is 1. The molecule has 2 aromatic rings. The molecular formula is C14H13FO.